The van der Waals surface area contributed by atoms with Crippen LogP contribution in [0.4, 0.5) is 0 Å². The maximum absolute atomic E-state index is 3.30. The van der Waals surface area contributed by atoms with Crippen molar-refractivity contribution in [2.75, 3.05) is 13.1 Å². The van der Waals surface area contributed by atoms with Gasteiger partial charge in [-0.05, 0) is 18.8 Å². The van der Waals surface area contributed by atoms with Crippen molar-refractivity contribution < 1.29 is 0 Å². The molecule has 0 aliphatic heterocycles. The second kappa shape index (κ2) is 5.21. The fourth-order valence-corrected chi connectivity index (χ4v) is 0.677. The third-order valence-electron chi connectivity index (χ3n) is 1.95. The van der Waals surface area contributed by atoms with E-state index in [1.54, 1.807) is 0 Å². The van der Waals surface area contributed by atoms with Crippen molar-refractivity contribution in [3.05, 3.63) is 0 Å². The van der Waals surface area contributed by atoms with Gasteiger partial charge in [0.05, 0.1) is 6.54 Å². The van der Waals surface area contributed by atoms with Crippen LogP contribution in [-0.4, -0.2) is 13.1 Å². The van der Waals surface area contributed by atoms with Crippen molar-refractivity contribution in [3.8, 4) is 11.8 Å². The first kappa shape index (κ1) is 10.5. The zero-order chi connectivity index (χ0) is 8.74. The molecule has 0 spiro atoms. The van der Waals surface area contributed by atoms with Crippen LogP contribution in [0.2, 0.25) is 0 Å². The molecule has 0 atom stereocenters. The summed E-state index contributed by atoms with van der Waals surface area (Å²) in [4.78, 5) is 0. The van der Waals surface area contributed by atoms with E-state index in [0.717, 1.165) is 13.1 Å². The molecule has 0 rings (SSSR count). The molecule has 64 valence electrons. The molecule has 11 heavy (non-hydrogen) atoms. The summed E-state index contributed by atoms with van der Waals surface area (Å²) in [7, 11) is 0. The van der Waals surface area contributed by atoms with E-state index in [9.17, 15) is 0 Å². The average Bonchev–Trinajstić information content (AvgIpc) is 1.99. The lowest BCUT2D eigenvalue weighted by atomic mass is 9.90. The van der Waals surface area contributed by atoms with Crippen molar-refractivity contribution in [2.24, 2.45) is 5.41 Å². The van der Waals surface area contributed by atoms with Crippen molar-refractivity contribution in [3.63, 3.8) is 0 Å². The summed E-state index contributed by atoms with van der Waals surface area (Å²) in [5.41, 5.74) is 0.412. The number of rotatable bonds is 4. The van der Waals surface area contributed by atoms with Crippen LogP contribution in [0.15, 0.2) is 0 Å². The minimum atomic E-state index is 0.412. The number of hydrogen-bond acceptors (Lipinski definition) is 1. The third kappa shape index (κ3) is 5.94. The highest BCUT2D eigenvalue weighted by atomic mass is 14.9. The van der Waals surface area contributed by atoms with Crippen LogP contribution in [0.25, 0.3) is 0 Å². The van der Waals surface area contributed by atoms with E-state index in [1.165, 1.54) is 6.42 Å². The lowest BCUT2D eigenvalue weighted by molar-refractivity contribution is 0.335. The van der Waals surface area contributed by atoms with E-state index in [1.807, 2.05) is 6.92 Å². The molecule has 0 fully saturated rings. The van der Waals surface area contributed by atoms with Gasteiger partial charge in [-0.2, -0.15) is 0 Å². The van der Waals surface area contributed by atoms with E-state index >= 15 is 0 Å². The average molecular weight is 153 g/mol. The molecule has 1 nitrogen and oxygen atoms in total. The molecule has 0 saturated heterocycles. The van der Waals surface area contributed by atoms with Gasteiger partial charge < -0.3 is 5.32 Å². The first-order valence-corrected chi connectivity index (χ1v) is 4.22. The van der Waals surface area contributed by atoms with Crippen molar-refractivity contribution >= 4 is 0 Å². The Morgan fingerprint density at radius 2 is 2.00 bits per heavy atom. The van der Waals surface area contributed by atoms with Gasteiger partial charge in [0.25, 0.3) is 0 Å². The standard InChI is InChI=1S/C10H19N/c1-5-7-8-11-9-10(3,4)6-2/h11H,6,8-9H2,1-4H3. The minimum Gasteiger partial charge on any atom is -0.306 e. The molecule has 0 aromatic rings. The molecule has 0 aromatic heterocycles. The lowest BCUT2D eigenvalue weighted by Gasteiger charge is -2.22. The van der Waals surface area contributed by atoms with Crippen LogP contribution >= 0.6 is 0 Å². The minimum absolute atomic E-state index is 0.412. The van der Waals surface area contributed by atoms with E-state index in [4.69, 9.17) is 0 Å². The normalized spacial score (nSPS) is 10.5. The Kier molecular flexibility index (Phi) is 4.98. The fraction of sp³-hybridized carbons (Fsp3) is 0.800. The SMILES string of the molecule is CC#CCNCC(C)(C)CC. The zero-order valence-electron chi connectivity index (χ0n) is 8.12. The highest BCUT2D eigenvalue weighted by Gasteiger charge is 2.12. The molecule has 1 heteroatoms. The molecule has 0 saturated carbocycles. The Morgan fingerprint density at radius 1 is 1.36 bits per heavy atom. The number of hydrogen-bond donors (Lipinski definition) is 1. The molecular formula is C10H19N. The molecule has 0 aliphatic carbocycles. The van der Waals surface area contributed by atoms with Crippen LogP contribution in [0.5, 0.6) is 0 Å². The van der Waals surface area contributed by atoms with Crippen LogP contribution < -0.4 is 5.32 Å². The first-order valence-electron chi connectivity index (χ1n) is 4.22. The van der Waals surface area contributed by atoms with E-state index in [-0.39, 0.29) is 0 Å². The molecule has 0 aromatic carbocycles. The largest absolute Gasteiger partial charge is 0.306 e. The summed E-state index contributed by atoms with van der Waals surface area (Å²) in [6.07, 6.45) is 1.21. The Bertz CT molecular complexity index is 148. The zero-order valence-corrected chi connectivity index (χ0v) is 8.12. The quantitative estimate of drug-likeness (QED) is 0.481. The van der Waals surface area contributed by atoms with Crippen LogP contribution in [0, 0.1) is 17.3 Å². The summed E-state index contributed by atoms with van der Waals surface area (Å²) in [6, 6.07) is 0. The monoisotopic (exact) mass is 153 g/mol. The van der Waals surface area contributed by atoms with Gasteiger partial charge in [-0.25, -0.2) is 0 Å². The third-order valence-corrected chi connectivity index (χ3v) is 1.95. The Morgan fingerprint density at radius 3 is 2.45 bits per heavy atom. The summed E-state index contributed by atoms with van der Waals surface area (Å²) < 4.78 is 0. The highest BCUT2D eigenvalue weighted by Crippen LogP contribution is 2.17. The predicted molar refractivity (Wildman–Crippen MR) is 50.4 cm³/mol. The molecule has 0 unspecified atom stereocenters. The van der Waals surface area contributed by atoms with Crippen molar-refractivity contribution in [1.82, 2.24) is 5.32 Å². The van der Waals surface area contributed by atoms with Crippen LogP contribution in [0.3, 0.4) is 0 Å². The molecule has 0 heterocycles. The van der Waals surface area contributed by atoms with E-state index in [2.05, 4.69) is 37.9 Å². The van der Waals surface area contributed by atoms with Gasteiger partial charge >= 0.3 is 0 Å². The Labute approximate surface area is 70.6 Å². The molecule has 1 N–H and O–H groups in total. The Hall–Kier alpha value is -0.480. The maximum Gasteiger partial charge on any atom is 0.0576 e. The fourth-order valence-electron chi connectivity index (χ4n) is 0.677. The van der Waals surface area contributed by atoms with Crippen molar-refractivity contribution in [1.29, 1.82) is 0 Å². The van der Waals surface area contributed by atoms with E-state index < -0.39 is 0 Å². The summed E-state index contributed by atoms with van der Waals surface area (Å²) in [5, 5.41) is 3.30. The van der Waals surface area contributed by atoms with Gasteiger partial charge in [0.1, 0.15) is 0 Å². The maximum atomic E-state index is 3.30. The lowest BCUT2D eigenvalue weighted by Crippen LogP contribution is -2.28. The molecule has 0 aliphatic rings. The summed E-state index contributed by atoms with van der Waals surface area (Å²) in [6.45, 7) is 10.5. The smallest absolute Gasteiger partial charge is 0.0576 e. The Balaban J connectivity index is 3.42. The number of nitrogens with one attached hydrogen (secondary N) is 1. The van der Waals surface area contributed by atoms with Crippen LogP contribution in [-0.2, 0) is 0 Å². The van der Waals surface area contributed by atoms with Gasteiger partial charge in [-0.3, -0.25) is 0 Å². The van der Waals surface area contributed by atoms with Crippen molar-refractivity contribution in [2.45, 2.75) is 34.1 Å². The molecule has 0 bridgehead atoms. The molecule has 0 radical (unpaired) electrons. The molecule has 0 amide bonds. The predicted octanol–water partition coefficient (Wildman–Crippen LogP) is 2.04. The van der Waals surface area contributed by atoms with Gasteiger partial charge in [0.2, 0.25) is 0 Å². The first-order chi connectivity index (χ1) is 5.12. The van der Waals surface area contributed by atoms with Gasteiger partial charge in [-0.15, -0.1) is 5.92 Å². The summed E-state index contributed by atoms with van der Waals surface area (Å²) >= 11 is 0. The molecular weight excluding hydrogens is 134 g/mol. The second-order valence-corrected chi connectivity index (χ2v) is 3.55. The van der Waals surface area contributed by atoms with Crippen LogP contribution in [0.1, 0.15) is 34.1 Å². The van der Waals surface area contributed by atoms with Gasteiger partial charge in [0.15, 0.2) is 0 Å². The van der Waals surface area contributed by atoms with Gasteiger partial charge in [-0.1, -0.05) is 26.7 Å². The summed E-state index contributed by atoms with van der Waals surface area (Å²) in [5.74, 6) is 5.84. The topological polar surface area (TPSA) is 12.0 Å². The van der Waals surface area contributed by atoms with Gasteiger partial charge in [0, 0.05) is 6.54 Å². The van der Waals surface area contributed by atoms with E-state index in [0.29, 0.717) is 5.41 Å². The second-order valence-electron chi connectivity index (χ2n) is 3.55. The highest BCUT2D eigenvalue weighted by molar-refractivity contribution is 4.97.